The number of carbonyl (C=O) groups is 3. The maximum Gasteiger partial charge on any atom is 0.407 e. The molecule has 0 aromatic heterocycles. The molecule has 0 heterocycles. The van der Waals surface area contributed by atoms with Gasteiger partial charge in [-0.1, -0.05) is 48.5 Å². The number of benzene rings is 2. The first kappa shape index (κ1) is 23.4. The van der Waals surface area contributed by atoms with Crippen LogP contribution < -0.4 is 10.6 Å². The first-order chi connectivity index (χ1) is 17.0. The number of rotatable bonds is 11. The van der Waals surface area contributed by atoms with Gasteiger partial charge in [-0.15, -0.1) is 0 Å². The van der Waals surface area contributed by atoms with E-state index in [2.05, 4.69) is 22.8 Å². The van der Waals surface area contributed by atoms with Crippen molar-refractivity contribution in [2.24, 2.45) is 17.8 Å². The molecule has 3 N–H and O–H groups in total. The maximum absolute atomic E-state index is 12.7. The van der Waals surface area contributed by atoms with Crippen molar-refractivity contribution in [3.05, 3.63) is 59.7 Å². The van der Waals surface area contributed by atoms with E-state index in [9.17, 15) is 14.4 Å². The zero-order chi connectivity index (χ0) is 24.4. The molecule has 0 radical (unpaired) electrons. The third-order valence-electron chi connectivity index (χ3n) is 7.62. The van der Waals surface area contributed by atoms with Crippen LogP contribution in [0.2, 0.25) is 0 Å². The molecule has 1 unspecified atom stereocenters. The molecule has 2 saturated carbocycles. The zero-order valence-electron chi connectivity index (χ0n) is 19.7. The Morgan fingerprint density at radius 3 is 2.29 bits per heavy atom. The molecule has 0 bridgehead atoms. The highest BCUT2D eigenvalue weighted by atomic mass is 16.5. The van der Waals surface area contributed by atoms with Crippen LogP contribution in [0.4, 0.5) is 4.79 Å². The minimum Gasteiger partial charge on any atom is -0.481 e. The number of carbonyl (C=O) groups excluding carboxylic acids is 2. The largest absolute Gasteiger partial charge is 0.481 e. The van der Waals surface area contributed by atoms with E-state index in [1.807, 2.05) is 36.4 Å². The lowest BCUT2D eigenvalue weighted by Crippen LogP contribution is -2.47. The Kier molecular flexibility index (Phi) is 6.75. The SMILES string of the molecule is O=C(O)CCC(NC(=O)OCC1c2ccccc2-c2ccccc21)C(=O)NCC[C@@H]1C[C@H]1C1CC1. The van der Waals surface area contributed by atoms with Gasteiger partial charge in [-0.05, 0) is 72.1 Å². The van der Waals surface area contributed by atoms with Crippen molar-refractivity contribution in [1.82, 2.24) is 10.6 Å². The number of amides is 2. The van der Waals surface area contributed by atoms with E-state index >= 15 is 0 Å². The molecule has 3 aliphatic carbocycles. The van der Waals surface area contributed by atoms with E-state index in [0.29, 0.717) is 12.5 Å². The molecule has 184 valence electrons. The normalized spacial score (nSPS) is 20.9. The summed E-state index contributed by atoms with van der Waals surface area (Å²) in [7, 11) is 0. The van der Waals surface area contributed by atoms with Gasteiger partial charge >= 0.3 is 12.1 Å². The molecule has 7 nitrogen and oxygen atoms in total. The highest BCUT2D eigenvalue weighted by Crippen LogP contribution is 2.55. The van der Waals surface area contributed by atoms with Gasteiger partial charge < -0.3 is 20.5 Å². The van der Waals surface area contributed by atoms with E-state index in [-0.39, 0.29) is 31.3 Å². The topological polar surface area (TPSA) is 105 Å². The van der Waals surface area contributed by atoms with Crippen molar-refractivity contribution in [2.75, 3.05) is 13.2 Å². The van der Waals surface area contributed by atoms with Crippen molar-refractivity contribution < 1.29 is 24.2 Å². The van der Waals surface area contributed by atoms with Crippen LogP contribution in [0.3, 0.4) is 0 Å². The van der Waals surface area contributed by atoms with Crippen molar-refractivity contribution in [2.45, 2.75) is 50.5 Å². The molecular weight excluding hydrogens is 444 g/mol. The van der Waals surface area contributed by atoms with Crippen LogP contribution >= 0.6 is 0 Å². The van der Waals surface area contributed by atoms with Gasteiger partial charge in [0.2, 0.25) is 5.91 Å². The average Bonchev–Trinajstić information content (AvgIpc) is 3.77. The summed E-state index contributed by atoms with van der Waals surface area (Å²) in [5, 5.41) is 14.6. The first-order valence-corrected chi connectivity index (χ1v) is 12.6. The maximum atomic E-state index is 12.7. The second-order valence-corrected chi connectivity index (χ2v) is 10.0. The smallest absolute Gasteiger partial charge is 0.407 e. The zero-order valence-corrected chi connectivity index (χ0v) is 19.7. The lowest BCUT2D eigenvalue weighted by molar-refractivity contribution is -0.137. The van der Waals surface area contributed by atoms with Crippen molar-refractivity contribution >= 4 is 18.0 Å². The van der Waals surface area contributed by atoms with Crippen LogP contribution in [-0.2, 0) is 14.3 Å². The number of nitrogens with one attached hydrogen (secondary N) is 2. The number of fused-ring (bicyclic) bond motifs is 3. The second kappa shape index (κ2) is 10.1. The van der Waals surface area contributed by atoms with Crippen molar-refractivity contribution in [1.29, 1.82) is 0 Å². The van der Waals surface area contributed by atoms with Crippen LogP contribution in [-0.4, -0.2) is 42.3 Å². The molecule has 35 heavy (non-hydrogen) atoms. The molecule has 2 aromatic carbocycles. The van der Waals surface area contributed by atoms with Crippen molar-refractivity contribution in [3.63, 3.8) is 0 Å². The predicted molar refractivity (Wildman–Crippen MR) is 131 cm³/mol. The number of hydrogen-bond donors (Lipinski definition) is 3. The van der Waals surface area contributed by atoms with E-state index < -0.39 is 18.1 Å². The summed E-state index contributed by atoms with van der Waals surface area (Å²) in [5.41, 5.74) is 4.48. The third kappa shape index (κ3) is 5.50. The first-order valence-electron chi connectivity index (χ1n) is 12.6. The minimum atomic E-state index is -1.01. The van der Waals surface area contributed by atoms with Crippen LogP contribution in [0.5, 0.6) is 0 Å². The number of ether oxygens (including phenoxy) is 1. The van der Waals surface area contributed by atoms with Crippen LogP contribution in [0, 0.1) is 17.8 Å². The summed E-state index contributed by atoms with van der Waals surface area (Å²) in [4.78, 5) is 36.5. The van der Waals surface area contributed by atoms with Gasteiger partial charge in [0.05, 0.1) is 0 Å². The van der Waals surface area contributed by atoms with Crippen LogP contribution in [0.1, 0.15) is 55.6 Å². The minimum absolute atomic E-state index is 0.0134. The molecule has 2 amide bonds. The molecule has 0 spiro atoms. The number of hydrogen-bond acceptors (Lipinski definition) is 4. The summed E-state index contributed by atoms with van der Waals surface area (Å²) >= 11 is 0. The summed E-state index contributed by atoms with van der Waals surface area (Å²) in [6, 6.07) is 15.2. The molecule has 2 aromatic rings. The van der Waals surface area contributed by atoms with Gasteiger partial charge in [0, 0.05) is 18.9 Å². The Labute approximate surface area is 205 Å². The van der Waals surface area contributed by atoms with E-state index in [1.165, 1.54) is 19.3 Å². The Morgan fingerprint density at radius 2 is 1.66 bits per heavy atom. The van der Waals surface area contributed by atoms with Crippen LogP contribution in [0.15, 0.2) is 48.5 Å². The third-order valence-corrected chi connectivity index (χ3v) is 7.62. The highest BCUT2D eigenvalue weighted by molar-refractivity contribution is 5.86. The van der Waals surface area contributed by atoms with Crippen LogP contribution in [0.25, 0.3) is 11.1 Å². The molecule has 3 atom stereocenters. The average molecular weight is 477 g/mol. The monoisotopic (exact) mass is 476 g/mol. The standard InChI is InChI=1S/C28H32N2O5/c31-26(32)12-11-25(27(33)29-14-13-18-15-23(18)17-9-10-17)30-28(34)35-16-24-21-7-3-1-5-19(21)20-6-2-4-8-22(20)24/h1-8,17-18,23-25H,9-16H2,(H,29,33)(H,30,34)(H,31,32)/t18-,23+,25?/m1/s1. The molecule has 7 heteroatoms. The van der Waals surface area contributed by atoms with Crippen molar-refractivity contribution in [3.8, 4) is 11.1 Å². The van der Waals surface area contributed by atoms with E-state index in [1.54, 1.807) is 0 Å². The molecule has 5 rings (SSSR count). The lowest BCUT2D eigenvalue weighted by Gasteiger charge is -2.19. The number of alkyl carbamates (subject to hydrolysis) is 1. The molecule has 2 fully saturated rings. The Hall–Kier alpha value is -3.35. The second-order valence-electron chi connectivity index (χ2n) is 10.0. The Bertz CT molecular complexity index is 1070. The molecular formula is C28H32N2O5. The van der Waals surface area contributed by atoms with Gasteiger partial charge in [0.15, 0.2) is 0 Å². The highest BCUT2D eigenvalue weighted by Gasteiger charge is 2.46. The summed E-state index contributed by atoms with van der Waals surface area (Å²) in [5.74, 6) is 0.960. The molecule has 0 saturated heterocycles. The summed E-state index contributed by atoms with van der Waals surface area (Å²) in [6.07, 6.45) is 3.95. The molecule has 3 aliphatic rings. The fourth-order valence-electron chi connectivity index (χ4n) is 5.53. The van der Waals surface area contributed by atoms with Gasteiger partial charge in [-0.3, -0.25) is 9.59 Å². The van der Waals surface area contributed by atoms with E-state index in [4.69, 9.17) is 9.84 Å². The number of carboxylic acid groups (broad SMARTS) is 1. The molecule has 0 aliphatic heterocycles. The van der Waals surface area contributed by atoms with Gasteiger partial charge in [-0.2, -0.15) is 0 Å². The van der Waals surface area contributed by atoms with Gasteiger partial charge in [-0.25, -0.2) is 4.79 Å². The quantitative estimate of drug-likeness (QED) is 0.448. The summed E-state index contributed by atoms with van der Waals surface area (Å²) in [6.45, 7) is 0.681. The number of carboxylic acids is 1. The Balaban J connectivity index is 1.15. The fourth-order valence-corrected chi connectivity index (χ4v) is 5.53. The fraction of sp³-hybridized carbons (Fsp3) is 0.464. The van der Waals surface area contributed by atoms with E-state index in [0.717, 1.165) is 40.5 Å². The van der Waals surface area contributed by atoms with Gasteiger partial charge in [0.25, 0.3) is 0 Å². The van der Waals surface area contributed by atoms with Gasteiger partial charge in [0.1, 0.15) is 12.6 Å². The lowest BCUT2D eigenvalue weighted by atomic mass is 9.98. The summed E-state index contributed by atoms with van der Waals surface area (Å²) < 4.78 is 5.55. The number of aliphatic carboxylic acids is 1. The Morgan fingerprint density at radius 1 is 1.00 bits per heavy atom. The predicted octanol–water partition coefficient (Wildman–Crippen LogP) is 4.31.